The summed E-state index contributed by atoms with van der Waals surface area (Å²) in [7, 11) is 0. The van der Waals surface area contributed by atoms with Crippen molar-refractivity contribution in [2.45, 2.75) is 65.8 Å². The van der Waals surface area contributed by atoms with Crippen LogP contribution in [-0.2, 0) is 16.1 Å². The first-order valence-electron chi connectivity index (χ1n) is 8.27. The van der Waals surface area contributed by atoms with Gasteiger partial charge in [-0.3, -0.25) is 0 Å². The van der Waals surface area contributed by atoms with Crippen LogP contribution in [-0.4, -0.2) is 42.8 Å². The predicted octanol–water partition coefficient (Wildman–Crippen LogP) is 2.71. The first-order chi connectivity index (χ1) is 10.9. The highest BCUT2D eigenvalue weighted by molar-refractivity contribution is 5.32. The summed E-state index contributed by atoms with van der Waals surface area (Å²) in [6.45, 7) is 11.1. The Morgan fingerprint density at radius 1 is 1.09 bits per heavy atom. The molecule has 0 spiro atoms. The van der Waals surface area contributed by atoms with E-state index in [0.717, 1.165) is 11.3 Å². The van der Waals surface area contributed by atoms with E-state index in [1.807, 2.05) is 58.9 Å². The van der Waals surface area contributed by atoms with Crippen molar-refractivity contribution in [3.8, 4) is 5.75 Å². The third kappa shape index (κ3) is 8.91. The first-order valence-corrected chi connectivity index (χ1v) is 8.27. The molecule has 0 saturated heterocycles. The molecule has 1 rings (SSSR count). The lowest BCUT2D eigenvalue weighted by Crippen LogP contribution is -2.35. The summed E-state index contributed by atoms with van der Waals surface area (Å²) in [6, 6.07) is 8.03. The van der Waals surface area contributed by atoms with Crippen LogP contribution >= 0.6 is 0 Å². The van der Waals surface area contributed by atoms with Gasteiger partial charge in [0.15, 0.2) is 6.29 Å². The molecule has 2 N–H and O–H groups in total. The van der Waals surface area contributed by atoms with E-state index in [1.54, 1.807) is 0 Å². The first kappa shape index (κ1) is 19.9. The molecule has 1 aromatic rings. The number of ether oxygens (including phenoxy) is 3. The van der Waals surface area contributed by atoms with Gasteiger partial charge in [0.2, 0.25) is 0 Å². The Morgan fingerprint density at radius 3 is 2.43 bits per heavy atom. The van der Waals surface area contributed by atoms with Gasteiger partial charge in [0, 0.05) is 18.2 Å². The Kier molecular flexibility index (Phi) is 9.17. The standard InChI is InChI=1S/C18H31NO4/c1-13(2)19-10-17(20)12-22-18-9-7-6-8-16(18)11-21-15(5)23-14(3)4/h6-9,13-15,17,19-20H,10-12H2,1-5H3. The van der Waals surface area contributed by atoms with Crippen molar-refractivity contribution in [3.05, 3.63) is 29.8 Å². The van der Waals surface area contributed by atoms with Gasteiger partial charge in [-0.25, -0.2) is 0 Å². The van der Waals surface area contributed by atoms with Crippen molar-refractivity contribution in [1.29, 1.82) is 0 Å². The van der Waals surface area contributed by atoms with E-state index in [1.165, 1.54) is 0 Å². The smallest absolute Gasteiger partial charge is 0.155 e. The molecule has 2 atom stereocenters. The van der Waals surface area contributed by atoms with Crippen LogP contribution in [0.2, 0.25) is 0 Å². The predicted molar refractivity (Wildman–Crippen MR) is 91.6 cm³/mol. The summed E-state index contributed by atoms with van der Waals surface area (Å²) in [4.78, 5) is 0. The minimum absolute atomic E-state index is 0.125. The summed E-state index contributed by atoms with van der Waals surface area (Å²) in [5, 5.41) is 13.1. The van der Waals surface area contributed by atoms with Gasteiger partial charge < -0.3 is 24.6 Å². The second kappa shape index (κ2) is 10.6. The van der Waals surface area contributed by atoms with Gasteiger partial charge in [0.1, 0.15) is 18.5 Å². The molecule has 0 bridgehead atoms. The molecule has 132 valence electrons. The third-order valence-electron chi connectivity index (χ3n) is 3.10. The van der Waals surface area contributed by atoms with Crippen molar-refractivity contribution < 1.29 is 19.3 Å². The van der Waals surface area contributed by atoms with E-state index in [4.69, 9.17) is 14.2 Å². The second-order valence-corrected chi connectivity index (χ2v) is 6.20. The van der Waals surface area contributed by atoms with Crippen LogP contribution in [0.25, 0.3) is 0 Å². The molecule has 0 saturated carbocycles. The van der Waals surface area contributed by atoms with Crippen LogP contribution in [0.4, 0.5) is 0 Å². The zero-order valence-electron chi connectivity index (χ0n) is 14.9. The Bertz CT molecular complexity index is 437. The van der Waals surface area contributed by atoms with Crippen LogP contribution in [0.3, 0.4) is 0 Å². The van der Waals surface area contributed by atoms with Crippen molar-refractivity contribution >= 4 is 0 Å². The largest absolute Gasteiger partial charge is 0.490 e. The molecule has 23 heavy (non-hydrogen) atoms. The third-order valence-corrected chi connectivity index (χ3v) is 3.10. The Morgan fingerprint density at radius 2 is 1.78 bits per heavy atom. The molecule has 1 aromatic carbocycles. The molecule has 0 aliphatic heterocycles. The van der Waals surface area contributed by atoms with Crippen LogP contribution < -0.4 is 10.1 Å². The molecule has 0 aromatic heterocycles. The van der Waals surface area contributed by atoms with Gasteiger partial charge in [0.05, 0.1) is 12.7 Å². The number of benzene rings is 1. The van der Waals surface area contributed by atoms with E-state index in [9.17, 15) is 5.11 Å². The van der Waals surface area contributed by atoms with E-state index in [2.05, 4.69) is 5.32 Å². The Balaban J connectivity index is 2.47. The van der Waals surface area contributed by atoms with Gasteiger partial charge in [-0.2, -0.15) is 0 Å². The zero-order chi connectivity index (χ0) is 17.2. The monoisotopic (exact) mass is 325 g/mol. The molecule has 0 heterocycles. The summed E-state index contributed by atoms with van der Waals surface area (Å²) in [5.41, 5.74) is 0.940. The number of hydrogen-bond donors (Lipinski definition) is 2. The normalized spacial score (nSPS) is 14.3. The van der Waals surface area contributed by atoms with Crippen LogP contribution in [0.1, 0.15) is 40.2 Å². The highest BCUT2D eigenvalue weighted by Gasteiger charge is 2.10. The zero-order valence-corrected chi connectivity index (χ0v) is 14.9. The average Bonchev–Trinajstić information content (AvgIpc) is 2.49. The number of aliphatic hydroxyl groups is 1. The molecule has 0 amide bonds. The average molecular weight is 325 g/mol. The summed E-state index contributed by atoms with van der Waals surface area (Å²) in [6.07, 6.45) is -0.696. The lowest BCUT2D eigenvalue weighted by atomic mass is 10.2. The van der Waals surface area contributed by atoms with Gasteiger partial charge >= 0.3 is 0 Å². The van der Waals surface area contributed by atoms with Gasteiger partial charge in [-0.15, -0.1) is 0 Å². The molecule has 5 heteroatoms. The van der Waals surface area contributed by atoms with Crippen molar-refractivity contribution in [2.24, 2.45) is 0 Å². The number of aliphatic hydroxyl groups excluding tert-OH is 1. The van der Waals surface area contributed by atoms with E-state index >= 15 is 0 Å². The van der Waals surface area contributed by atoms with Gasteiger partial charge in [-0.1, -0.05) is 32.0 Å². The Hall–Kier alpha value is -1.14. The lowest BCUT2D eigenvalue weighted by molar-refractivity contribution is -0.158. The highest BCUT2D eigenvalue weighted by atomic mass is 16.7. The molecule has 0 radical (unpaired) electrons. The summed E-state index contributed by atoms with van der Waals surface area (Å²) in [5.74, 6) is 0.729. The fourth-order valence-corrected chi connectivity index (χ4v) is 2.01. The molecule has 2 unspecified atom stereocenters. The fourth-order valence-electron chi connectivity index (χ4n) is 2.01. The number of rotatable bonds is 11. The molecule has 0 fully saturated rings. The fraction of sp³-hybridized carbons (Fsp3) is 0.667. The van der Waals surface area contributed by atoms with E-state index in [-0.39, 0.29) is 19.0 Å². The molecular formula is C18H31NO4. The van der Waals surface area contributed by atoms with Crippen molar-refractivity contribution in [3.63, 3.8) is 0 Å². The van der Waals surface area contributed by atoms with Crippen LogP contribution in [0.15, 0.2) is 24.3 Å². The molecule has 0 aliphatic rings. The lowest BCUT2D eigenvalue weighted by Gasteiger charge is -2.19. The van der Waals surface area contributed by atoms with Crippen LogP contribution in [0.5, 0.6) is 5.75 Å². The highest BCUT2D eigenvalue weighted by Crippen LogP contribution is 2.20. The quantitative estimate of drug-likeness (QED) is 0.613. The van der Waals surface area contributed by atoms with E-state index in [0.29, 0.717) is 19.2 Å². The topological polar surface area (TPSA) is 60.0 Å². The summed E-state index contributed by atoms with van der Waals surface area (Å²) >= 11 is 0. The minimum Gasteiger partial charge on any atom is -0.490 e. The minimum atomic E-state index is -0.547. The molecule has 0 aliphatic carbocycles. The number of nitrogens with one attached hydrogen (secondary N) is 1. The number of para-hydroxylation sites is 1. The Labute approximate surface area is 139 Å². The van der Waals surface area contributed by atoms with Crippen molar-refractivity contribution in [1.82, 2.24) is 5.32 Å². The van der Waals surface area contributed by atoms with Crippen molar-refractivity contribution in [2.75, 3.05) is 13.2 Å². The molecule has 5 nitrogen and oxygen atoms in total. The molecular weight excluding hydrogens is 294 g/mol. The summed E-state index contributed by atoms with van der Waals surface area (Å²) < 4.78 is 17.0. The maximum atomic E-state index is 9.93. The van der Waals surface area contributed by atoms with Gasteiger partial charge in [0.25, 0.3) is 0 Å². The maximum Gasteiger partial charge on any atom is 0.155 e. The van der Waals surface area contributed by atoms with Crippen LogP contribution in [0, 0.1) is 0 Å². The second-order valence-electron chi connectivity index (χ2n) is 6.20. The SMILES string of the molecule is CC(C)NCC(O)COc1ccccc1COC(C)OC(C)C. The van der Waals surface area contributed by atoms with E-state index < -0.39 is 6.10 Å². The van der Waals surface area contributed by atoms with Gasteiger partial charge in [-0.05, 0) is 26.8 Å². The maximum absolute atomic E-state index is 9.93. The number of hydrogen-bond acceptors (Lipinski definition) is 5.